The molecule has 0 aliphatic rings. The molecule has 0 aromatic rings. The van der Waals surface area contributed by atoms with Gasteiger partial charge in [-0.3, -0.25) is 9.59 Å². The molecule has 0 atom stereocenters. The topological polar surface area (TPSA) is 132 Å². The minimum atomic E-state index is -2.74. The molecule has 0 saturated heterocycles. The molecule has 0 saturated carbocycles. The summed E-state index contributed by atoms with van der Waals surface area (Å²) in [5.74, 6) is -5.02. The number of hydrogen-bond acceptors (Lipinski definition) is 4. The Hall–Kier alpha value is -0.840. The molecule has 0 aromatic heterocycles. The van der Waals surface area contributed by atoms with Gasteiger partial charge in [-0.15, -0.1) is 0 Å². The second-order valence-electron chi connectivity index (χ2n) is 2.48. The van der Waals surface area contributed by atoms with Crippen molar-refractivity contribution in [2.24, 2.45) is 0 Å². The van der Waals surface area contributed by atoms with E-state index >= 15 is 0 Å². The monoisotopic (exact) mass is 324 g/mol. The molecule has 0 aliphatic heterocycles. The number of hydrogen-bond donors (Lipinski definition) is 4. The Balaban J connectivity index is 0. The molecular formula is C6H10O7Te. The Morgan fingerprint density at radius 1 is 0.929 bits per heavy atom. The number of carboxylic acid groups (broad SMARTS) is 3. The molecule has 0 spiro atoms. The molecule has 0 bridgehead atoms. The van der Waals surface area contributed by atoms with Gasteiger partial charge in [-0.1, -0.05) is 0 Å². The van der Waals surface area contributed by atoms with Gasteiger partial charge in [0.2, 0.25) is 0 Å². The van der Waals surface area contributed by atoms with Crippen molar-refractivity contribution in [2.75, 3.05) is 0 Å². The fraction of sp³-hybridized carbons (Fsp3) is 0.500. The van der Waals surface area contributed by atoms with Crippen LogP contribution in [-0.2, 0) is 14.4 Å². The van der Waals surface area contributed by atoms with Crippen molar-refractivity contribution in [2.45, 2.75) is 18.4 Å². The van der Waals surface area contributed by atoms with E-state index in [0.717, 1.165) is 0 Å². The van der Waals surface area contributed by atoms with Crippen molar-refractivity contribution in [3.05, 3.63) is 0 Å². The average molecular weight is 322 g/mol. The van der Waals surface area contributed by atoms with Crippen molar-refractivity contribution in [3.63, 3.8) is 0 Å². The molecule has 0 unspecified atom stereocenters. The van der Waals surface area contributed by atoms with Crippen LogP contribution in [0.1, 0.15) is 12.8 Å². The zero-order chi connectivity index (χ0) is 10.6. The van der Waals surface area contributed by atoms with Crippen LogP contribution >= 0.6 is 0 Å². The third-order valence-corrected chi connectivity index (χ3v) is 1.29. The van der Waals surface area contributed by atoms with Crippen LogP contribution in [-0.4, -0.2) is 67.6 Å². The Bertz CT molecular complexity index is 233. The second kappa shape index (κ2) is 5.80. The van der Waals surface area contributed by atoms with E-state index in [1.807, 2.05) is 0 Å². The fourth-order valence-electron chi connectivity index (χ4n) is 0.714. The SMILES string of the molecule is O=C(O)CC(O)(CC(=O)O)C(=O)O.[TeH2]. The van der Waals surface area contributed by atoms with E-state index in [-0.39, 0.29) is 23.7 Å². The van der Waals surface area contributed by atoms with Crippen LogP contribution in [0.2, 0.25) is 0 Å². The summed E-state index contributed by atoms with van der Waals surface area (Å²) in [6.07, 6.45) is -2.29. The summed E-state index contributed by atoms with van der Waals surface area (Å²) in [6, 6.07) is 0. The first-order valence-electron chi connectivity index (χ1n) is 3.17. The van der Waals surface area contributed by atoms with Gasteiger partial charge in [-0.2, -0.15) is 0 Å². The summed E-state index contributed by atoms with van der Waals surface area (Å²) in [7, 11) is 0. The molecule has 0 heterocycles. The number of carbonyl (C=O) groups is 3. The molecule has 8 heteroatoms. The number of aliphatic hydroxyl groups is 1. The van der Waals surface area contributed by atoms with Crippen molar-refractivity contribution in [3.8, 4) is 0 Å². The molecule has 0 radical (unpaired) electrons. The van der Waals surface area contributed by atoms with E-state index in [9.17, 15) is 14.4 Å². The third kappa shape index (κ3) is 5.01. The summed E-state index contributed by atoms with van der Waals surface area (Å²) < 4.78 is 0. The zero-order valence-corrected chi connectivity index (χ0v) is 9.78. The first-order chi connectivity index (χ1) is 5.78. The van der Waals surface area contributed by atoms with Gasteiger partial charge in [0.1, 0.15) is 0 Å². The molecule has 0 aromatic carbocycles. The van der Waals surface area contributed by atoms with Gasteiger partial charge >= 0.3 is 41.6 Å². The van der Waals surface area contributed by atoms with E-state index in [1.165, 1.54) is 0 Å². The van der Waals surface area contributed by atoms with Gasteiger partial charge in [0, 0.05) is 0 Å². The number of rotatable bonds is 5. The third-order valence-electron chi connectivity index (χ3n) is 1.29. The summed E-state index contributed by atoms with van der Waals surface area (Å²) >= 11 is 0. The molecule has 0 aliphatic carbocycles. The first kappa shape index (κ1) is 15.6. The average Bonchev–Trinajstić information content (AvgIpc) is 1.82. The molecular weight excluding hydrogens is 312 g/mol. The maximum atomic E-state index is 10.3. The van der Waals surface area contributed by atoms with Gasteiger partial charge in [-0.05, 0) is 0 Å². The van der Waals surface area contributed by atoms with E-state index < -0.39 is 36.4 Å². The molecule has 14 heavy (non-hydrogen) atoms. The van der Waals surface area contributed by atoms with E-state index in [1.54, 1.807) is 0 Å². The fourth-order valence-corrected chi connectivity index (χ4v) is 0.714. The van der Waals surface area contributed by atoms with Crippen LogP contribution in [0.15, 0.2) is 0 Å². The van der Waals surface area contributed by atoms with E-state index in [4.69, 9.17) is 20.4 Å². The quantitative estimate of drug-likeness (QED) is 0.424. The predicted octanol–water partition coefficient (Wildman–Crippen LogP) is -2.16. The Kier molecular flexibility index (Phi) is 6.47. The summed E-state index contributed by atoms with van der Waals surface area (Å²) in [6.45, 7) is 0. The minimum absolute atomic E-state index is 0. The molecule has 0 rings (SSSR count). The van der Waals surface area contributed by atoms with Gasteiger partial charge in [0.15, 0.2) is 5.60 Å². The van der Waals surface area contributed by atoms with Gasteiger partial charge < -0.3 is 20.4 Å². The molecule has 82 valence electrons. The predicted molar refractivity (Wildman–Crippen MR) is 45.6 cm³/mol. The van der Waals surface area contributed by atoms with Gasteiger partial charge in [0.05, 0.1) is 12.8 Å². The molecule has 7 nitrogen and oxygen atoms in total. The van der Waals surface area contributed by atoms with Crippen molar-refractivity contribution in [1.29, 1.82) is 0 Å². The van der Waals surface area contributed by atoms with Crippen LogP contribution in [0.25, 0.3) is 0 Å². The maximum absolute atomic E-state index is 10.3. The van der Waals surface area contributed by atoms with E-state index in [2.05, 4.69) is 0 Å². The number of aliphatic carboxylic acids is 3. The summed E-state index contributed by atoms with van der Waals surface area (Å²) in [4.78, 5) is 30.5. The Labute approximate surface area is 95.1 Å². The summed E-state index contributed by atoms with van der Waals surface area (Å²) in [5, 5.41) is 33.8. The number of carboxylic acids is 3. The van der Waals surface area contributed by atoms with E-state index in [0.29, 0.717) is 0 Å². The van der Waals surface area contributed by atoms with Crippen molar-refractivity contribution in [1.82, 2.24) is 0 Å². The van der Waals surface area contributed by atoms with Crippen LogP contribution in [0.3, 0.4) is 0 Å². The molecule has 0 fully saturated rings. The van der Waals surface area contributed by atoms with Crippen LogP contribution in [0.5, 0.6) is 0 Å². The van der Waals surface area contributed by atoms with Crippen LogP contribution in [0, 0.1) is 0 Å². The van der Waals surface area contributed by atoms with Crippen LogP contribution in [0.4, 0.5) is 0 Å². The zero-order valence-electron chi connectivity index (χ0n) is 6.93. The van der Waals surface area contributed by atoms with Crippen molar-refractivity contribution >= 4 is 41.6 Å². The normalized spacial score (nSPS) is 10.1. The second-order valence-corrected chi connectivity index (χ2v) is 2.48. The molecule has 0 amide bonds. The van der Waals surface area contributed by atoms with Crippen LogP contribution < -0.4 is 0 Å². The molecule has 4 N–H and O–H groups in total. The summed E-state index contributed by atoms with van der Waals surface area (Å²) in [5.41, 5.74) is -2.74. The Morgan fingerprint density at radius 2 is 1.21 bits per heavy atom. The first-order valence-corrected chi connectivity index (χ1v) is 3.17. The Morgan fingerprint density at radius 3 is 1.36 bits per heavy atom. The van der Waals surface area contributed by atoms with Gasteiger partial charge in [-0.25, -0.2) is 4.79 Å². The van der Waals surface area contributed by atoms with Crippen molar-refractivity contribution < 1.29 is 34.8 Å². The standard InChI is InChI=1S/C6H8O7.H2Te/c7-3(8)1-6(13,5(11)12)2-4(9)10;/h13H,1-2H2,(H,7,8)(H,9,10)(H,11,12);1H2. The van der Waals surface area contributed by atoms with Gasteiger partial charge in [0.25, 0.3) is 0 Å².